The summed E-state index contributed by atoms with van der Waals surface area (Å²) in [7, 11) is 0. The topological polar surface area (TPSA) is 17.1 Å². The third kappa shape index (κ3) is 2.75. The third-order valence-electron chi connectivity index (χ3n) is 3.51. The van der Waals surface area contributed by atoms with E-state index >= 15 is 0 Å². The van der Waals surface area contributed by atoms with Crippen molar-refractivity contribution in [2.24, 2.45) is 5.92 Å². The van der Waals surface area contributed by atoms with Gasteiger partial charge < -0.3 is 0 Å². The largest absolute Gasteiger partial charge is 0.299 e. The van der Waals surface area contributed by atoms with E-state index in [4.69, 9.17) is 0 Å². The first-order valence-corrected chi connectivity index (χ1v) is 7.05. The lowest BCUT2D eigenvalue weighted by atomic mass is 9.84. The van der Waals surface area contributed by atoms with E-state index in [0.29, 0.717) is 17.0 Å². The zero-order chi connectivity index (χ0) is 9.80. The maximum atomic E-state index is 11.9. The van der Waals surface area contributed by atoms with E-state index in [2.05, 4.69) is 0 Å². The van der Waals surface area contributed by atoms with Gasteiger partial charge in [0.2, 0.25) is 0 Å². The van der Waals surface area contributed by atoms with E-state index in [0.717, 1.165) is 6.42 Å². The van der Waals surface area contributed by atoms with E-state index in [1.54, 1.807) is 0 Å². The molecule has 0 spiro atoms. The van der Waals surface area contributed by atoms with E-state index in [1.807, 2.05) is 11.8 Å². The molecule has 2 aliphatic rings. The first kappa shape index (κ1) is 10.5. The SMILES string of the molecule is O=C(CC1CCCS1)C1CCCCC1. The molecule has 2 heteroatoms. The van der Waals surface area contributed by atoms with Crippen LogP contribution in [-0.2, 0) is 4.79 Å². The highest BCUT2D eigenvalue weighted by Gasteiger charge is 2.25. The van der Waals surface area contributed by atoms with Gasteiger partial charge in [-0.05, 0) is 31.4 Å². The molecule has 0 N–H and O–H groups in total. The lowest BCUT2D eigenvalue weighted by Gasteiger charge is -2.21. The smallest absolute Gasteiger partial charge is 0.137 e. The van der Waals surface area contributed by atoms with Crippen LogP contribution in [0.3, 0.4) is 0 Å². The molecule has 80 valence electrons. The number of hydrogen-bond donors (Lipinski definition) is 0. The summed E-state index contributed by atoms with van der Waals surface area (Å²) < 4.78 is 0. The van der Waals surface area contributed by atoms with Crippen molar-refractivity contribution in [3.63, 3.8) is 0 Å². The van der Waals surface area contributed by atoms with E-state index in [-0.39, 0.29) is 0 Å². The molecule has 0 aromatic heterocycles. The van der Waals surface area contributed by atoms with Crippen LogP contribution in [0.4, 0.5) is 0 Å². The van der Waals surface area contributed by atoms with Crippen molar-refractivity contribution < 1.29 is 4.79 Å². The lowest BCUT2D eigenvalue weighted by Crippen LogP contribution is -2.20. The van der Waals surface area contributed by atoms with Crippen LogP contribution in [0.25, 0.3) is 0 Å². The first-order valence-electron chi connectivity index (χ1n) is 6.00. The third-order valence-corrected chi connectivity index (χ3v) is 4.91. The molecule has 1 aliphatic heterocycles. The summed E-state index contributed by atoms with van der Waals surface area (Å²) in [5, 5.41) is 0.671. The Labute approximate surface area is 91.0 Å². The van der Waals surface area contributed by atoms with Gasteiger partial charge in [-0.1, -0.05) is 19.3 Å². The number of hydrogen-bond acceptors (Lipinski definition) is 2. The van der Waals surface area contributed by atoms with Crippen LogP contribution in [0, 0.1) is 5.92 Å². The molecule has 1 aliphatic carbocycles. The Morgan fingerprint density at radius 1 is 1.07 bits per heavy atom. The maximum absolute atomic E-state index is 11.9. The molecule has 2 rings (SSSR count). The number of thioether (sulfide) groups is 1. The highest BCUT2D eigenvalue weighted by atomic mass is 32.2. The average Bonchev–Trinajstić information content (AvgIpc) is 2.72. The molecule has 2 fully saturated rings. The molecule has 1 nitrogen and oxygen atoms in total. The average molecular weight is 212 g/mol. The van der Waals surface area contributed by atoms with Gasteiger partial charge in [-0.15, -0.1) is 0 Å². The molecule has 0 bridgehead atoms. The number of ketones is 1. The predicted octanol–water partition coefficient (Wildman–Crippen LogP) is 3.42. The maximum Gasteiger partial charge on any atom is 0.137 e. The molecule has 1 unspecified atom stereocenters. The molecule has 14 heavy (non-hydrogen) atoms. The second-order valence-electron chi connectivity index (χ2n) is 4.64. The highest BCUT2D eigenvalue weighted by molar-refractivity contribution is 8.00. The van der Waals surface area contributed by atoms with Crippen LogP contribution in [0.5, 0.6) is 0 Å². The Hall–Kier alpha value is 0.0200. The molecule has 1 heterocycles. The van der Waals surface area contributed by atoms with Crippen molar-refractivity contribution in [2.75, 3.05) is 5.75 Å². The summed E-state index contributed by atoms with van der Waals surface area (Å²) in [6.45, 7) is 0. The number of carbonyl (C=O) groups excluding carboxylic acids is 1. The van der Waals surface area contributed by atoms with Gasteiger partial charge in [0.25, 0.3) is 0 Å². The minimum Gasteiger partial charge on any atom is -0.299 e. The fraction of sp³-hybridized carbons (Fsp3) is 0.917. The minimum absolute atomic E-state index is 0.435. The quantitative estimate of drug-likeness (QED) is 0.713. The molecule has 0 radical (unpaired) electrons. The molecular weight excluding hydrogens is 192 g/mol. The Morgan fingerprint density at radius 2 is 1.86 bits per heavy atom. The predicted molar refractivity (Wildman–Crippen MR) is 61.7 cm³/mol. The van der Waals surface area contributed by atoms with Gasteiger partial charge in [0.15, 0.2) is 0 Å². The molecular formula is C12H20OS. The monoisotopic (exact) mass is 212 g/mol. The summed E-state index contributed by atoms with van der Waals surface area (Å²) in [5.74, 6) is 2.29. The number of Topliss-reactive ketones (excluding diaryl/α,β-unsaturated/α-hetero) is 1. The molecule has 0 aromatic rings. The van der Waals surface area contributed by atoms with Crippen molar-refractivity contribution in [3.05, 3.63) is 0 Å². The molecule has 1 saturated carbocycles. The molecule has 0 aromatic carbocycles. The zero-order valence-electron chi connectivity index (χ0n) is 8.84. The van der Waals surface area contributed by atoms with Gasteiger partial charge in [-0.3, -0.25) is 4.79 Å². The molecule has 0 amide bonds. The fourth-order valence-electron chi connectivity index (χ4n) is 2.62. The fourth-order valence-corrected chi connectivity index (χ4v) is 3.90. The van der Waals surface area contributed by atoms with Crippen LogP contribution in [0.15, 0.2) is 0 Å². The standard InChI is InChI=1S/C12H20OS/c13-12(9-11-7-4-8-14-11)10-5-2-1-3-6-10/h10-11H,1-9H2. The van der Waals surface area contributed by atoms with Gasteiger partial charge >= 0.3 is 0 Å². The van der Waals surface area contributed by atoms with Crippen molar-refractivity contribution in [3.8, 4) is 0 Å². The summed E-state index contributed by atoms with van der Waals surface area (Å²) in [6.07, 6.45) is 9.75. The van der Waals surface area contributed by atoms with E-state index < -0.39 is 0 Å². The zero-order valence-corrected chi connectivity index (χ0v) is 9.65. The highest BCUT2D eigenvalue weighted by Crippen LogP contribution is 2.32. The Balaban J connectivity index is 1.75. The van der Waals surface area contributed by atoms with E-state index in [1.165, 1.54) is 50.7 Å². The Bertz CT molecular complexity index is 190. The van der Waals surface area contributed by atoms with Crippen molar-refractivity contribution in [1.29, 1.82) is 0 Å². The summed E-state index contributed by atoms with van der Waals surface area (Å²) >= 11 is 2.01. The Morgan fingerprint density at radius 3 is 2.50 bits per heavy atom. The van der Waals surface area contributed by atoms with Gasteiger partial charge in [-0.25, -0.2) is 0 Å². The van der Waals surface area contributed by atoms with E-state index in [9.17, 15) is 4.79 Å². The van der Waals surface area contributed by atoms with Crippen molar-refractivity contribution >= 4 is 17.5 Å². The summed E-state index contributed by atoms with van der Waals surface area (Å²) in [5.41, 5.74) is 0. The van der Waals surface area contributed by atoms with Crippen LogP contribution in [0.1, 0.15) is 51.4 Å². The van der Waals surface area contributed by atoms with Gasteiger partial charge in [-0.2, -0.15) is 11.8 Å². The second kappa shape index (κ2) is 5.20. The normalized spacial score (nSPS) is 29.3. The van der Waals surface area contributed by atoms with Crippen molar-refractivity contribution in [2.45, 2.75) is 56.6 Å². The van der Waals surface area contributed by atoms with Crippen molar-refractivity contribution in [1.82, 2.24) is 0 Å². The van der Waals surface area contributed by atoms with Crippen LogP contribution in [0.2, 0.25) is 0 Å². The van der Waals surface area contributed by atoms with Gasteiger partial charge in [0.05, 0.1) is 0 Å². The first-order chi connectivity index (χ1) is 6.86. The molecule has 1 atom stereocenters. The van der Waals surface area contributed by atoms with Gasteiger partial charge in [0, 0.05) is 17.6 Å². The lowest BCUT2D eigenvalue weighted by molar-refractivity contribution is -0.123. The minimum atomic E-state index is 0.435. The number of rotatable bonds is 3. The van der Waals surface area contributed by atoms with Gasteiger partial charge in [0.1, 0.15) is 5.78 Å². The molecule has 1 saturated heterocycles. The summed E-state index contributed by atoms with van der Waals surface area (Å²) in [6, 6.07) is 0. The number of carbonyl (C=O) groups is 1. The summed E-state index contributed by atoms with van der Waals surface area (Å²) in [4.78, 5) is 11.9. The van der Waals surface area contributed by atoms with Crippen LogP contribution >= 0.6 is 11.8 Å². The van der Waals surface area contributed by atoms with Crippen LogP contribution < -0.4 is 0 Å². The van der Waals surface area contributed by atoms with Crippen LogP contribution in [-0.4, -0.2) is 16.8 Å². The Kier molecular flexibility index (Phi) is 3.91. The second-order valence-corrected chi connectivity index (χ2v) is 6.05.